The van der Waals surface area contributed by atoms with E-state index in [1.54, 1.807) is 0 Å². The molecule has 0 spiro atoms. The van der Waals surface area contributed by atoms with Gasteiger partial charge in [0, 0.05) is 12.0 Å². The van der Waals surface area contributed by atoms with Crippen molar-refractivity contribution in [1.82, 2.24) is 15.5 Å². The Hall–Kier alpha value is -2.57. The second kappa shape index (κ2) is 4.22. The lowest BCUT2D eigenvalue weighted by Crippen LogP contribution is -2.18. The summed E-state index contributed by atoms with van der Waals surface area (Å²) in [6.07, 6.45) is 1.17. The maximum atomic E-state index is 11.2. The van der Waals surface area contributed by atoms with Crippen LogP contribution in [0.1, 0.15) is 24.8 Å². The third kappa shape index (κ3) is 1.78. The number of fused-ring (bicyclic) bond motifs is 1. The van der Waals surface area contributed by atoms with E-state index in [9.17, 15) is 4.79 Å². The molecule has 1 saturated heterocycles. The summed E-state index contributed by atoms with van der Waals surface area (Å²) >= 11 is 0. The molecular formula is C13H11N3O4. The van der Waals surface area contributed by atoms with E-state index in [4.69, 9.17) is 14.0 Å². The highest BCUT2D eigenvalue weighted by molar-refractivity contribution is 5.78. The van der Waals surface area contributed by atoms with Gasteiger partial charge in [0.05, 0.1) is 0 Å². The van der Waals surface area contributed by atoms with Crippen LogP contribution < -0.4 is 14.8 Å². The smallest absolute Gasteiger partial charge is 0.249 e. The van der Waals surface area contributed by atoms with Crippen molar-refractivity contribution in [3.63, 3.8) is 0 Å². The quantitative estimate of drug-likeness (QED) is 0.890. The van der Waals surface area contributed by atoms with Crippen LogP contribution >= 0.6 is 0 Å². The Labute approximate surface area is 113 Å². The van der Waals surface area contributed by atoms with E-state index in [1.807, 2.05) is 18.2 Å². The minimum Gasteiger partial charge on any atom is -0.454 e. The molecule has 2 aliphatic rings. The molecule has 3 heterocycles. The molecule has 0 bridgehead atoms. The summed E-state index contributed by atoms with van der Waals surface area (Å²) in [5.74, 6) is 2.30. The van der Waals surface area contributed by atoms with Gasteiger partial charge in [-0.25, -0.2) is 0 Å². The molecule has 7 nitrogen and oxygen atoms in total. The van der Waals surface area contributed by atoms with E-state index < -0.39 is 0 Å². The van der Waals surface area contributed by atoms with Gasteiger partial charge in [0.15, 0.2) is 11.5 Å². The van der Waals surface area contributed by atoms with Gasteiger partial charge in [0.25, 0.3) is 0 Å². The van der Waals surface area contributed by atoms with Crippen molar-refractivity contribution in [2.75, 3.05) is 6.79 Å². The zero-order valence-electron chi connectivity index (χ0n) is 10.5. The van der Waals surface area contributed by atoms with Crippen molar-refractivity contribution in [2.45, 2.75) is 18.9 Å². The van der Waals surface area contributed by atoms with Gasteiger partial charge in [-0.15, -0.1) is 0 Å². The van der Waals surface area contributed by atoms with Crippen molar-refractivity contribution in [3.05, 3.63) is 24.1 Å². The van der Waals surface area contributed by atoms with Gasteiger partial charge >= 0.3 is 0 Å². The van der Waals surface area contributed by atoms with E-state index in [1.165, 1.54) is 0 Å². The zero-order chi connectivity index (χ0) is 13.5. The van der Waals surface area contributed by atoms with Crippen LogP contribution in [0, 0.1) is 0 Å². The molecule has 0 unspecified atom stereocenters. The highest BCUT2D eigenvalue weighted by atomic mass is 16.7. The molecule has 1 atom stereocenters. The lowest BCUT2D eigenvalue weighted by atomic mass is 10.2. The van der Waals surface area contributed by atoms with Crippen molar-refractivity contribution < 1.29 is 18.8 Å². The molecule has 1 amide bonds. The fourth-order valence-corrected chi connectivity index (χ4v) is 2.33. The Morgan fingerprint density at radius 1 is 1.25 bits per heavy atom. The van der Waals surface area contributed by atoms with E-state index >= 15 is 0 Å². The Morgan fingerprint density at radius 3 is 3.00 bits per heavy atom. The van der Waals surface area contributed by atoms with Gasteiger partial charge in [0.1, 0.15) is 6.04 Å². The number of hydrogen-bond donors (Lipinski definition) is 1. The summed E-state index contributed by atoms with van der Waals surface area (Å²) in [6, 6.07) is 5.28. The molecule has 20 heavy (non-hydrogen) atoms. The number of rotatable bonds is 2. The number of nitrogens with zero attached hydrogens (tertiary/aromatic N) is 2. The summed E-state index contributed by atoms with van der Waals surface area (Å²) in [7, 11) is 0. The minimum atomic E-state index is -0.183. The molecule has 102 valence electrons. The summed E-state index contributed by atoms with van der Waals surface area (Å²) in [4.78, 5) is 15.5. The highest BCUT2D eigenvalue weighted by Crippen LogP contribution is 2.35. The SMILES string of the molecule is O=C1CC[C@H](c2nc(-c3ccc4c(c3)OCO4)no2)N1. The topological polar surface area (TPSA) is 86.5 Å². The van der Waals surface area contributed by atoms with Crippen LogP contribution in [-0.2, 0) is 4.79 Å². The van der Waals surface area contributed by atoms with Gasteiger partial charge in [-0.1, -0.05) is 5.16 Å². The Balaban J connectivity index is 1.63. The molecule has 2 aromatic rings. The molecule has 1 fully saturated rings. The first kappa shape index (κ1) is 11.3. The molecule has 7 heteroatoms. The average Bonchev–Trinajstić information content (AvgIpc) is 3.17. The predicted octanol–water partition coefficient (Wildman–Crippen LogP) is 1.42. The molecule has 1 N–H and O–H groups in total. The number of aromatic nitrogens is 2. The van der Waals surface area contributed by atoms with E-state index in [-0.39, 0.29) is 18.7 Å². The Bertz CT molecular complexity index is 682. The normalized spacial score (nSPS) is 20.2. The van der Waals surface area contributed by atoms with Gasteiger partial charge in [-0.3, -0.25) is 4.79 Å². The van der Waals surface area contributed by atoms with Crippen LogP contribution in [-0.4, -0.2) is 22.8 Å². The van der Waals surface area contributed by atoms with Crippen LogP contribution in [0.15, 0.2) is 22.7 Å². The highest BCUT2D eigenvalue weighted by Gasteiger charge is 2.27. The number of carbonyl (C=O) groups excluding carboxylic acids is 1. The Morgan fingerprint density at radius 2 is 2.15 bits per heavy atom. The van der Waals surface area contributed by atoms with Crippen molar-refractivity contribution in [3.8, 4) is 22.9 Å². The fourth-order valence-electron chi connectivity index (χ4n) is 2.33. The van der Waals surface area contributed by atoms with Crippen LogP contribution in [0.4, 0.5) is 0 Å². The third-order valence-corrected chi connectivity index (χ3v) is 3.37. The van der Waals surface area contributed by atoms with Crippen LogP contribution in [0.2, 0.25) is 0 Å². The summed E-state index contributed by atoms with van der Waals surface area (Å²) in [5, 5.41) is 6.74. The van der Waals surface area contributed by atoms with Gasteiger partial charge in [-0.2, -0.15) is 4.98 Å². The van der Waals surface area contributed by atoms with Crippen LogP contribution in [0.5, 0.6) is 11.5 Å². The van der Waals surface area contributed by atoms with Gasteiger partial charge < -0.3 is 19.3 Å². The molecule has 0 saturated carbocycles. The van der Waals surface area contributed by atoms with Crippen molar-refractivity contribution >= 4 is 5.91 Å². The monoisotopic (exact) mass is 273 g/mol. The number of benzene rings is 1. The molecule has 1 aromatic carbocycles. The van der Waals surface area contributed by atoms with Crippen molar-refractivity contribution in [2.24, 2.45) is 0 Å². The number of ether oxygens (including phenoxy) is 2. The first-order valence-electron chi connectivity index (χ1n) is 6.32. The van der Waals surface area contributed by atoms with E-state index in [2.05, 4.69) is 15.5 Å². The number of hydrogen-bond acceptors (Lipinski definition) is 6. The maximum Gasteiger partial charge on any atom is 0.249 e. The van der Waals surface area contributed by atoms with E-state index in [0.717, 1.165) is 5.56 Å². The molecule has 4 rings (SSSR count). The molecule has 1 aromatic heterocycles. The minimum absolute atomic E-state index is 0.0119. The second-order valence-electron chi connectivity index (χ2n) is 4.68. The third-order valence-electron chi connectivity index (χ3n) is 3.37. The van der Waals surface area contributed by atoms with Gasteiger partial charge in [-0.05, 0) is 24.6 Å². The van der Waals surface area contributed by atoms with Crippen LogP contribution in [0.25, 0.3) is 11.4 Å². The van der Waals surface area contributed by atoms with Crippen LogP contribution in [0.3, 0.4) is 0 Å². The largest absolute Gasteiger partial charge is 0.454 e. The first-order chi connectivity index (χ1) is 9.79. The number of amides is 1. The standard InChI is InChI=1S/C13H11N3O4/c17-11-4-2-8(14-11)13-15-12(16-20-13)7-1-3-9-10(5-7)19-6-18-9/h1,3,5,8H,2,4,6H2,(H,14,17)/t8-/m1/s1. The second-order valence-corrected chi connectivity index (χ2v) is 4.68. The molecule has 2 aliphatic heterocycles. The van der Waals surface area contributed by atoms with Gasteiger partial charge in [0.2, 0.25) is 24.4 Å². The predicted molar refractivity (Wildman–Crippen MR) is 66.0 cm³/mol. The lowest BCUT2D eigenvalue weighted by molar-refractivity contribution is -0.119. The molecular weight excluding hydrogens is 262 g/mol. The lowest BCUT2D eigenvalue weighted by Gasteiger charge is -2.01. The summed E-state index contributed by atoms with van der Waals surface area (Å²) in [6.45, 7) is 0.227. The van der Waals surface area contributed by atoms with E-state index in [0.29, 0.717) is 36.1 Å². The van der Waals surface area contributed by atoms with Crippen molar-refractivity contribution in [1.29, 1.82) is 0 Å². The molecule has 0 aliphatic carbocycles. The number of nitrogens with one attached hydrogen (secondary N) is 1. The maximum absolute atomic E-state index is 11.2. The summed E-state index contributed by atoms with van der Waals surface area (Å²) < 4.78 is 15.8. The summed E-state index contributed by atoms with van der Waals surface area (Å²) in [5.41, 5.74) is 0.786. The Kier molecular flexibility index (Phi) is 2.38. The fraction of sp³-hybridized carbons (Fsp3) is 0.308. The molecule has 0 radical (unpaired) electrons. The number of carbonyl (C=O) groups is 1. The average molecular weight is 273 g/mol. The zero-order valence-corrected chi connectivity index (χ0v) is 10.5. The first-order valence-corrected chi connectivity index (χ1v) is 6.32.